The number of aliphatic carboxylic acids is 1. The van der Waals surface area contributed by atoms with Gasteiger partial charge in [-0.3, -0.25) is 9.59 Å². The quantitative estimate of drug-likeness (QED) is 0.387. The van der Waals surface area contributed by atoms with Gasteiger partial charge in [-0.05, 0) is 36.8 Å². The van der Waals surface area contributed by atoms with Crippen molar-refractivity contribution in [1.82, 2.24) is 10.3 Å². The summed E-state index contributed by atoms with van der Waals surface area (Å²) in [6.45, 7) is 6.41. The van der Waals surface area contributed by atoms with Gasteiger partial charge in [0.15, 0.2) is 5.13 Å². The summed E-state index contributed by atoms with van der Waals surface area (Å²) in [5.74, 6) is -1.51. The molecule has 0 aliphatic rings. The summed E-state index contributed by atoms with van der Waals surface area (Å²) in [6.07, 6.45) is 1.80. The summed E-state index contributed by atoms with van der Waals surface area (Å²) < 4.78 is 0. The number of nitrogens with zero attached hydrogens (tertiary/aromatic N) is 2. The van der Waals surface area contributed by atoms with E-state index in [1.54, 1.807) is 30.3 Å². The van der Waals surface area contributed by atoms with E-state index < -0.39 is 17.9 Å². The second-order valence-electron chi connectivity index (χ2n) is 7.04. The first-order valence-corrected chi connectivity index (χ1v) is 11.3. The molecule has 0 saturated carbocycles. The van der Waals surface area contributed by atoms with Crippen LogP contribution in [0.2, 0.25) is 10.0 Å². The number of rotatable bonds is 9. The minimum Gasteiger partial charge on any atom is -0.480 e. The molecule has 32 heavy (non-hydrogen) atoms. The third-order valence-electron chi connectivity index (χ3n) is 4.64. The van der Waals surface area contributed by atoms with E-state index in [2.05, 4.69) is 16.8 Å². The number of carboxylic acid groups (broad SMARTS) is 1. The van der Waals surface area contributed by atoms with Gasteiger partial charge in [-0.15, -0.1) is 17.9 Å². The molecule has 1 aromatic heterocycles. The van der Waals surface area contributed by atoms with Crippen LogP contribution >= 0.6 is 34.5 Å². The van der Waals surface area contributed by atoms with Gasteiger partial charge in [0.2, 0.25) is 0 Å². The molecule has 0 bridgehead atoms. The fourth-order valence-corrected chi connectivity index (χ4v) is 4.03. The van der Waals surface area contributed by atoms with Gasteiger partial charge in [-0.25, -0.2) is 4.98 Å². The van der Waals surface area contributed by atoms with Gasteiger partial charge >= 0.3 is 5.97 Å². The molecule has 0 fully saturated rings. The summed E-state index contributed by atoms with van der Waals surface area (Å²) >= 11 is 13.6. The average molecular weight is 490 g/mol. The highest BCUT2D eigenvalue weighted by Crippen LogP contribution is 2.32. The first-order valence-electron chi connectivity index (χ1n) is 9.68. The molecule has 3 aromatic rings. The molecule has 1 unspecified atom stereocenters. The molecule has 0 spiro atoms. The molecular weight excluding hydrogens is 469 g/mol. The molecule has 0 saturated heterocycles. The van der Waals surface area contributed by atoms with Gasteiger partial charge in [0, 0.05) is 29.6 Å². The van der Waals surface area contributed by atoms with E-state index >= 15 is 0 Å². The fourth-order valence-electron chi connectivity index (χ4n) is 2.89. The Morgan fingerprint density at radius 1 is 1.22 bits per heavy atom. The van der Waals surface area contributed by atoms with Crippen LogP contribution in [0.3, 0.4) is 0 Å². The highest BCUT2D eigenvalue weighted by Gasteiger charge is 2.16. The number of benzene rings is 2. The zero-order valence-electron chi connectivity index (χ0n) is 17.2. The van der Waals surface area contributed by atoms with Crippen LogP contribution in [-0.2, 0) is 11.3 Å². The molecule has 2 aromatic carbocycles. The van der Waals surface area contributed by atoms with E-state index in [9.17, 15) is 9.59 Å². The third-order valence-corrected chi connectivity index (χ3v) is 6.28. The molecule has 1 amide bonds. The Kier molecular flexibility index (Phi) is 7.90. The van der Waals surface area contributed by atoms with Crippen LogP contribution in [0.15, 0.2) is 60.5 Å². The first-order chi connectivity index (χ1) is 15.3. The van der Waals surface area contributed by atoms with Crippen LogP contribution in [0.5, 0.6) is 0 Å². The number of amides is 1. The molecule has 0 aliphatic carbocycles. The maximum atomic E-state index is 12.2. The summed E-state index contributed by atoms with van der Waals surface area (Å²) in [6, 6.07) is 11.5. The lowest BCUT2D eigenvalue weighted by Gasteiger charge is -2.20. The number of nitrogens with one attached hydrogen (secondary N) is 1. The predicted molar refractivity (Wildman–Crippen MR) is 130 cm³/mol. The van der Waals surface area contributed by atoms with Crippen molar-refractivity contribution in [3.05, 3.63) is 81.7 Å². The van der Waals surface area contributed by atoms with Crippen molar-refractivity contribution in [2.45, 2.75) is 19.5 Å². The normalized spacial score (nSPS) is 11.6. The number of carbonyl (C=O) groups excluding carboxylic acids is 1. The molecule has 0 aliphatic heterocycles. The van der Waals surface area contributed by atoms with Crippen molar-refractivity contribution in [3.8, 4) is 11.3 Å². The second kappa shape index (κ2) is 10.6. The Morgan fingerprint density at radius 2 is 1.94 bits per heavy atom. The fraction of sp³-hybridized carbons (Fsp3) is 0.174. The number of carbonyl (C=O) groups is 2. The topological polar surface area (TPSA) is 82.5 Å². The first kappa shape index (κ1) is 23.8. The van der Waals surface area contributed by atoms with Crippen LogP contribution in [0.4, 0.5) is 5.13 Å². The Labute approximate surface area is 200 Å². The van der Waals surface area contributed by atoms with Gasteiger partial charge in [0.25, 0.3) is 5.91 Å². The zero-order chi connectivity index (χ0) is 23.3. The third kappa shape index (κ3) is 5.88. The second-order valence-corrected chi connectivity index (χ2v) is 8.69. The monoisotopic (exact) mass is 489 g/mol. The predicted octanol–water partition coefficient (Wildman–Crippen LogP) is 5.51. The molecule has 2 N–H and O–H groups in total. The molecular formula is C23H21Cl2N3O3S. The molecule has 3 rings (SSSR count). The van der Waals surface area contributed by atoms with E-state index in [0.717, 1.165) is 22.0 Å². The van der Waals surface area contributed by atoms with Crippen LogP contribution < -0.4 is 10.2 Å². The number of hydrogen-bond donors (Lipinski definition) is 2. The van der Waals surface area contributed by atoms with Gasteiger partial charge in [-0.1, -0.05) is 47.5 Å². The highest BCUT2D eigenvalue weighted by molar-refractivity contribution is 7.14. The minimum absolute atomic E-state index is 0.397. The largest absolute Gasteiger partial charge is 0.480 e. The van der Waals surface area contributed by atoms with E-state index in [1.165, 1.54) is 18.3 Å². The highest BCUT2D eigenvalue weighted by atomic mass is 35.5. The molecule has 9 heteroatoms. The van der Waals surface area contributed by atoms with Crippen molar-refractivity contribution >= 4 is 51.5 Å². The summed E-state index contributed by atoms with van der Waals surface area (Å²) in [7, 11) is 0. The molecule has 1 heterocycles. The van der Waals surface area contributed by atoms with E-state index in [1.807, 2.05) is 23.6 Å². The van der Waals surface area contributed by atoms with Crippen molar-refractivity contribution in [2.24, 2.45) is 0 Å². The lowest BCUT2D eigenvalue weighted by atomic mass is 10.1. The minimum atomic E-state index is -1.08. The number of carboxylic acids is 1. The van der Waals surface area contributed by atoms with Gasteiger partial charge < -0.3 is 15.3 Å². The Morgan fingerprint density at radius 3 is 2.56 bits per heavy atom. The van der Waals surface area contributed by atoms with E-state index in [4.69, 9.17) is 33.3 Å². The molecule has 6 nitrogen and oxygen atoms in total. The Balaban J connectivity index is 1.73. The van der Waals surface area contributed by atoms with Gasteiger partial charge in [-0.2, -0.15) is 0 Å². The molecule has 1 atom stereocenters. The number of aromatic nitrogens is 1. The number of thiazole rings is 1. The van der Waals surface area contributed by atoms with Crippen molar-refractivity contribution in [2.75, 3.05) is 11.4 Å². The maximum absolute atomic E-state index is 12.2. The summed E-state index contributed by atoms with van der Waals surface area (Å²) in [4.78, 5) is 29.9. The van der Waals surface area contributed by atoms with Crippen LogP contribution in [0.1, 0.15) is 22.8 Å². The molecule has 166 valence electrons. The number of anilines is 1. The van der Waals surface area contributed by atoms with E-state index in [-0.39, 0.29) is 0 Å². The van der Waals surface area contributed by atoms with Gasteiger partial charge in [0.1, 0.15) is 6.04 Å². The Hall–Kier alpha value is -2.87. The summed E-state index contributed by atoms with van der Waals surface area (Å²) in [5.41, 5.74) is 3.05. The van der Waals surface area contributed by atoms with Crippen LogP contribution in [0, 0.1) is 0 Å². The van der Waals surface area contributed by atoms with Crippen molar-refractivity contribution in [1.29, 1.82) is 0 Å². The lowest BCUT2D eigenvalue weighted by molar-refractivity contribution is -0.138. The van der Waals surface area contributed by atoms with E-state index in [0.29, 0.717) is 28.7 Å². The molecule has 0 radical (unpaired) electrons. The average Bonchev–Trinajstić information content (AvgIpc) is 3.26. The summed E-state index contributed by atoms with van der Waals surface area (Å²) in [5, 5.41) is 15.1. The maximum Gasteiger partial charge on any atom is 0.325 e. The lowest BCUT2D eigenvalue weighted by Crippen LogP contribution is -2.38. The number of hydrogen-bond acceptors (Lipinski definition) is 5. The van der Waals surface area contributed by atoms with Crippen molar-refractivity contribution in [3.63, 3.8) is 0 Å². The van der Waals surface area contributed by atoms with Crippen LogP contribution in [0.25, 0.3) is 11.3 Å². The standard InChI is InChI=1S/C23H21Cl2N3O3S/c1-3-10-28(23-27-20(13-32-23)17-8-9-18(24)19(25)11-17)12-15-4-6-16(7-5-15)21(29)26-14(2)22(30)31/h3-9,11,13-14H,1,10,12H2,2H3,(H,26,29)(H,30,31). The van der Waals surface area contributed by atoms with Crippen molar-refractivity contribution < 1.29 is 14.7 Å². The smallest absolute Gasteiger partial charge is 0.325 e. The van der Waals surface area contributed by atoms with Gasteiger partial charge in [0.05, 0.1) is 15.7 Å². The van der Waals surface area contributed by atoms with Crippen LogP contribution in [-0.4, -0.2) is 34.6 Å². The zero-order valence-corrected chi connectivity index (χ0v) is 19.5. The SMILES string of the molecule is C=CCN(Cc1ccc(C(=O)NC(C)C(=O)O)cc1)c1nc(-c2ccc(Cl)c(Cl)c2)cs1. The number of halogens is 2. The Bertz CT molecular complexity index is 1130.